The van der Waals surface area contributed by atoms with E-state index in [1.54, 1.807) is 24.4 Å². The molecule has 28 heavy (non-hydrogen) atoms. The Morgan fingerprint density at radius 3 is 2.68 bits per heavy atom. The highest BCUT2D eigenvalue weighted by Gasteiger charge is 2.12. The summed E-state index contributed by atoms with van der Waals surface area (Å²) in [4.78, 5) is 27.7. The van der Waals surface area contributed by atoms with Crippen LogP contribution in [0, 0.1) is 6.92 Å². The molecule has 3 aromatic rings. The predicted octanol–water partition coefficient (Wildman–Crippen LogP) is 4.83. The van der Waals surface area contributed by atoms with Gasteiger partial charge >= 0.3 is 0 Å². The molecule has 2 aromatic carbocycles. The summed E-state index contributed by atoms with van der Waals surface area (Å²) in [6, 6.07) is 12.7. The Hall–Kier alpha value is -3.12. The van der Waals surface area contributed by atoms with Gasteiger partial charge in [0, 0.05) is 36.7 Å². The predicted molar refractivity (Wildman–Crippen MR) is 109 cm³/mol. The van der Waals surface area contributed by atoms with Crippen molar-refractivity contribution in [2.24, 2.45) is 0 Å². The van der Waals surface area contributed by atoms with Crippen LogP contribution in [0.15, 0.2) is 53.1 Å². The van der Waals surface area contributed by atoms with E-state index in [1.807, 2.05) is 31.2 Å². The number of aromatic nitrogens is 1. The van der Waals surface area contributed by atoms with Crippen molar-refractivity contribution in [3.05, 3.63) is 65.1 Å². The van der Waals surface area contributed by atoms with Gasteiger partial charge in [0.15, 0.2) is 11.7 Å². The number of nitrogens with zero attached hydrogens (tertiary/aromatic N) is 1. The van der Waals surface area contributed by atoms with Crippen LogP contribution in [0.1, 0.15) is 24.8 Å². The Bertz CT molecular complexity index is 1010. The number of nitrogens with one attached hydrogen (secondary N) is 2. The number of rotatable bonds is 6. The van der Waals surface area contributed by atoms with Gasteiger partial charge in [0.2, 0.25) is 11.8 Å². The van der Waals surface area contributed by atoms with E-state index in [1.165, 1.54) is 6.92 Å². The number of oxazole rings is 1. The van der Waals surface area contributed by atoms with E-state index in [0.29, 0.717) is 34.5 Å². The summed E-state index contributed by atoms with van der Waals surface area (Å²) in [5.74, 6) is 0.701. The average molecular weight is 398 g/mol. The van der Waals surface area contributed by atoms with Crippen LogP contribution in [0.5, 0.6) is 0 Å². The summed E-state index contributed by atoms with van der Waals surface area (Å²) in [6.07, 6.45) is 2.18. The third kappa shape index (κ3) is 4.98. The van der Waals surface area contributed by atoms with Crippen molar-refractivity contribution < 1.29 is 14.0 Å². The lowest BCUT2D eigenvalue weighted by Crippen LogP contribution is -2.13. The van der Waals surface area contributed by atoms with Gasteiger partial charge in [-0.15, -0.1) is 0 Å². The number of aryl methyl sites for hydroxylation is 2. The average Bonchev–Trinajstić information content (AvgIpc) is 3.11. The first-order chi connectivity index (χ1) is 13.4. The van der Waals surface area contributed by atoms with E-state index >= 15 is 0 Å². The number of benzene rings is 2. The standard InChI is InChI=1S/C21H20ClN3O3/c1-13-7-8-15(11-18(13)24-14(2)26)25-20(27)9-10-21-23-12-19(28-21)16-5-3-4-6-17(16)22/h3-8,11-12H,9-10H2,1-2H3,(H,24,26)(H,25,27). The Morgan fingerprint density at radius 1 is 1.14 bits per heavy atom. The monoisotopic (exact) mass is 397 g/mol. The van der Waals surface area contributed by atoms with Gasteiger partial charge in [-0.3, -0.25) is 9.59 Å². The Kier molecular flexibility index (Phi) is 6.11. The molecule has 0 atom stereocenters. The minimum absolute atomic E-state index is 0.162. The van der Waals surface area contributed by atoms with Crippen molar-refractivity contribution in [2.45, 2.75) is 26.7 Å². The molecule has 1 heterocycles. The molecule has 144 valence electrons. The van der Waals surface area contributed by atoms with Crippen molar-refractivity contribution in [1.29, 1.82) is 0 Å². The van der Waals surface area contributed by atoms with Gasteiger partial charge in [-0.25, -0.2) is 4.98 Å². The van der Waals surface area contributed by atoms with Gasteiger partial charge in [-0.2, -0.15) is 0 Å². The molecule has 0 spiro atoms. The number of hydrogen-bond donors (Lipinski definition) is 2. The lowest BCUT2D eigenvalue weighted by Gasteiger charge is -2.10. The van der Waals surface area contributed by atoms with Gasteiger partial charge in [0.1, 0.15) is 0 Å². The molecule has 1 aromatic heterocycles. The minimum Gasteiger partial charge on any atom is -0.441 e. The molecule has 2 N–H and O–H groups in total. The first-order valence-corrected chi connectivity index (χ1v) is 9.18. The fourth-order valence-electron chi connectivity index (χ4n) is 2.68. The number of anilines is 2. The maximum absolute atomic E-state index is 12.2. The highest BCUT2D eigenvalue weighted by Crippen LogP contribution is 2.28. The largest absolute Gasteiger partial charge is 0.441 e. The molecule has 0 radical (unpaired) electrons. The molecule has 3 rings (SSSR count). The number of hydrogen-bond acceptors (Lipinski definition) is 4. The normalized spacial score (nSPS) is 10.5. The Morgan fingerprint density at radius 2 is 1.93 bits per heavy atom. The van der Waals surface area contributed by atoms with Crippen LogP contribution in [0.4, 0.5) is 11.4 Å². The zero-order chi connectivity index (χ0) is 20.1. The van der Waals surface area contributed by atoms with Crippen LogP contribution in [0.3, 0.4) is 0 Å². The second-order valence-electron chi connectivity index (χ2n) is 6.36. The van der Waals surface area contributed by atoms with Crippen molar-refractivity contribution >= 4 is 34.8 Å². The number of amides is 2. The molecule has 0 saturated carbocycles. The summed E-state index contributed by atoms with van der Waals surface area (Å²) in [5, 5.41) is 6.14. The molecular formula is C21H20ClN3O3. The van der Waals surface area contributed by atoms with E-state index in [0.717, 1.165) is 11.1 Å². The highest BCUT2D eigenvalue weighted by atomic mass is 35.5. The van der Waals surface area contributed by atoms with E-state index in [2.05, 4.69) is 15.6 Å². The van der Waals surface area contributed by atoms with Gasteiger partial charge < -0.3 is 15.1 Å². The first-order valence-electron chi connectivity index (χ1n) is 8.80. The molecule has 6 nitrogen and oxygen atoms in total. The number of carbonyl (C=O) groups is 2. The minimum atomic E-state index is -0.171. The topological polar surface area (TPSA) is 84.2 Å². The number of carbonyl (C=O) groups excluding carboxylic acids is 2. The Labute approximate surface area is 167 Å². The van der Waals surface area contributed by atoms with E-state index in [4.69, 9.17) is 16.0 Å². The molecule has 7 heteroatoms. The smallest absolute Gasteiger partial charge is 0.224 e. The van der Waals surface area contributed by atoms with Gasteiger partial charge in [-0.1, -0.05) is 29.8 Å². The third-order valence-corrected chi connectivity index (χ3v) is 4.42. The van der Waals surface area contributed by atoms with Gasteiger partial charge in [-0.05, 0) is 36.8 Å². The van der Waals surface area contributed by atoms with Crippen molar-refractivity contribution in [3.63, 3.8) is 0 Å². The Balaban J connectivity index is 1.59. The summed E-state index contributed by atoms with van der Waals surface area (Å²) < 4.78 is 5.71. The van der Waals surface area contributed by atoms with Crippen LogP contribution in [-0.4, -0.2) is 16.8 Å². The van der Waals surface area contributed by atoms with E-state index in [9.17, 15) is 9.59 Å². The highest BCUT2D eigenvalue weighted by molar-refractivity contribution is 6.33. The fourth-order valence-corrected chi connectivity index (χ4v) is 2.91. The maximum Gasteiger partial charge on any atom is 0.224 e. The van der Waals surface area contributed by atoms with Gasteiger partial charge in [0.05, 0.1) is 11.2 Å². The third-order valence-electron chi connectivity index (χ3n) is 4.09. The molecule has 0 saturated heterocycles. The molecule has 0 aliphatic heterocycles. The number of halogens is 1. The second-order valence-corrected chi connectivity index (χ2v) is 6.76. The SMILES string of the molecule is CC(=O)Nc1cc(NC(=O)CCc2ncc(-c3ccccc3Cl)o2)ccc1C. The van der Waals surface area contributed by atoms with E-state index < -0.39 is 0 Å². The molecule has 2 amide bonds. The summed E-state index contributed by atoms with van der Waals surface area (Å²) in [7, 11) is 0. The van der Waals surface area contributed by atoms with E-state index in [-0.39, 0.29) is 18.2 Å². The van der Waals surface area contributed by atoms with Crippen LogP contribution < -0.4 is 10.6 Å². The zero-order valence-corrected chi connectivity index (χ0v) is 16.3. The summed E-state index contributed by atoms with van der Waals surface area (Å²) in [5.41, 5.74) is 2.96. The van der Waals surface area contributed by atoms with Crippen LogP contribution >= 0.6 is 11.6 Å². The van der Waals surface area contributed by atoms with Crippen molar-refractivity contribution in [3.8, 4) is 11.3 Å². The molecule has 0 aliphatic carbocycles. The molecule has 0 fully saturated rings. The zero-order valence-electron chi connectivity index (χ0n) is 15.6. The van der Waals surface area contributed by atoms with Crippen molar-refractivity contribution in [2.75, 3.05) is 10.6 Å². The lowest BCUT2D eigenvalue weighted by molar-refractivity contribution is -0.116. The molecule has 0 aliphatic rings. The summed E-state index contributed by atoms with van der Waals surface area (Å²) >= 11 is 6.16. The summed E-state index contributed by atoms with van der Waals surface area (Å²) in [6.45, 7) is 3.33. The van der Waals surface area contributed by atoms with Crippen LogP contribution in [-0.2, 0) is 16.0 Å². The lowest BCUT2D eigenvalue weighted by atomic mass is 10.1. The molecule has 0 bridgehead atoms. The van der Waals surface area contributed by atoms with Crippen molar-refractivity contribution in [1.82, 2.24) is 4.98 Å². The molecular weight excluding hydrogens is 378 g/mol. The van der Waals surface area contributed by atoms with Crippen LogP contribution in [0.2, 0.25) is 5.02 Å². The van der Waals surface area contributed by atoms with Crippen LogP contribution in [0.25, 0.3) is 11.3 Å². The second kappa shape index (κ2) is 8.71. The fraction of sp³-hybridized carbons (Fsp3) is 0.190. The quantitative estimate of drug-likeness (QED) is 0.623. The first kappa shape index (κ1) is 19.6. The van der Waals surface area contributed by atoms with Gasteiger partial charge in [0.25, 0.3) is 0 Å². The maximum atomic E-state index is 12.2. The molecule has 0 unspecified atom stereocenters.